The summed E-state index contributed by atoms with van der Waals surface area (Å²) in [5, 5.41) is 0. The SMILES string of the molecule is CCc1ccc(S(=O)(=O)N(CC)c2ccc(Oc3ccc(OC(F)(F)F)cc3)cc2)cc1C(=O)OC. The summed E-state index contributed by atoms with van der Waals surface area (Å²) >= 11 is 0. The summed E-state index contributed by atoms with van der Waals surface area (Å²) in [6.07, 6.45) is -4.26. The molecule has 0 spiro atoms. The molecule has 0 saturated heterocycles. The molecule has 0 fully saturated rings. The lowest BCUT2D eigenvalue weighted by atomic mass is 10.1. The zero-order valence-corrected chi connectivity index (χ0v) is 20.5. The highest BCUT2D eigenvalue weighted by Gasteiger charge is 2.31. The molecule has 3 aromatic carbocycles. The summed E-state index contributed by atoms with van der Waals surface area (Å²) in [5.41, 5.74) is 1.22. The summed E-state index contributed by atoms with van der Waals surface area (Å²) in [7, 11) is -2.77. The van der Waals surface area contributed by atoms with Crippen LogP contribution >= 0.6 is 0 Å². The Hall–Kier alpha value is -3.73. The Morgan fingerprint density at radius 1 is 0.889 bits per heavy atom. The minimum Gasteiger partial charge on any atom is -0.465 e. The topological polar surface area (TPSA) is 82.1 Å². The Morgan fingerprint density at radius 2 is 1.44 bits per heavy atom. The van der Waals surface area contributed by atoms with E-state index in [0.29, 0.717) is 23.4 Å². The monoisotopic (exact) mass is 523 g/mol. The van der Waals surface area contributed by atoms with E-state index in [0.717, 1.165) is 12.1 Å². The van der Waals surface area contributed by atoms with Crippen LogP contribution in [0.4, 0.5) is 18.9 Å². The predicted molar refractivity (Wildman–Crippen MR) is 127 cm³/mol. The number of aryl methyl sites for hydroxylation is 1. The standard InChI is InChI=1S/C25H24F3NO6S/c1-4-17-6-15-22(16-23(17)24(30)33-3)36(31,32)29(5-2)18-7-9-19(10-8-18)34-20-11-13-21(14-12-20)35-25(26,27)28/h6-16H,4-5H2,1-3H3. The van der Waals surface area contributed by atoms with E-state index in [1.54, 1.807) is 25.1 Å². The quantitative estimate of drug-likeness (QED) is 0.323. The number of anilines is 1. The molecular weight excluding hydrogens is 499 g/mol. The highest BCUT2D eigenvalue weighted by atomic mass is 32.2. The molecule has 0 aromatic heterocycles. The van der Waals surface area contributed by atoms with Gasteiger partial charge in [0.2, 0.25) is 0 Å². The van der Waals surface area contributed by atoms with Crippen molar-refractivity contribution in [2.45, 2.75) is 31.5 Å². The summed E-state index contributed by atoms with van der Waals surface area (Å²) in [5.74, 6) is -0.386. The Labute approximate surface area is 207 Å². The van der Waals surface area contributed by atoms with Crippen molar-refractivity contribution in [1.82, 2.24) is 0 Å². The van der Waals surface area contributed by atoms with Gasteiger partial charge in [0, 0.05) is 6.54 Å². The number of carbonyl (C=O) groups excluding carboxylic acids is 1. The van der Waals surface area contributed by atoms with Crippen LogP contribution in [0.5, 0.6) is 17.2 Å². The van der Waals surface area contributed by atoms with Crippen LogP contribution in [-0.4, -0.2) is 34.4 Å². The van der Waals surface area contributed by atoms with Crippen molar-refractivity contribution < 1.29 is 40.6 Å². The Balaban J connectivity index is 1.81. The third kappa shape index (κ3) is 6.28. The molecular formula is C25H24F3NO6S. The van der Waals surface area contributed by atoms with Crippen molar-refractivity contribution in [3.63, 3.8) is 0 Å². The lowest BCUT2D eigenvalue weighted by Crippen LogP contribution is -2.31. The lowest BCUT2D eigenvalue weighted by molar-refractivity contribution is -0.274. The molecule has 0 aliphatic rings. The molecule has 0 aliphatic carbocycles. The third-order valence-corrected chi connectivity index (χ3v) is 7.06. The second-order valence-corrected chi connectivity index (χ2v) is 9.31. The van der Waals surface area contributed by atoms with Crippen LogP contribution in [0.25, 0.3) is 0 Å². The number of hydrogen-bond acceptors (Lipinski definition) is 6. The molecule has 36 heavy (non-hydrogen) atoms. The number of ether oxygens (including phenoxy) is 3. The molecule has 0 bridgehead atoms. The van der Waals surface area contributed by atoms with Crippen molar-refractivity contribution in [1.29, 1.82) is 0 Å². The number of esters is 1. The number of rotatable bonds is 9. The van der Waals surface area contributed by atoms with Gasteiger partial charge in [-0.25, -0.2) is 13.2 Å². The molecule has 7 nitrogen and oxygen atoms in total. The van der Waals surface area contributed by atoms with Gasteiger partial charge in [-0.2, -0.15) is 0 Å². The van der Waals surface area contributed by atoms with E-state index in [1.807, 2.05) is 6.92 Å². The first kappa shape index (κ1) is 26.9. The molecule has 0 heterocycles. The summed E-state index contributed by atoms with van der Waals surface area (Å²) in [4.78, 5) is 12.1. The number of halogens is 3. The lowest BCUT2D eigenvalue weighted by Gasteiger charge is -2.23. The van der Waals surface area contributed by atoms with Crippen molar-refractivity contribution in [3.8, 4) is 17.2 Å². The van der Waals surface area contributed by atoms with Gasteiger partial charge in [0.1, 0.15) is 17.2 Å². The average Bonchev–Trinajstić information content (AvgIpc) is 2.84. The molecule has 192 valence electrons. The first-order valence-electron chi connectivity index (χ1n) is 10.9. The smallest absolute Gasteiger partial charge is 0.465 e. The molecule has 0 aliphatic heterocycles. The number of carbonyl (C=O) groups is 1. The van der Waals surface area contributed by atoms with Crippen LogP contribution in [-0.2, 0) is 21.2 Å². The van der Waals surface area contributed by atoms with Gasteiger partial charge >= 0.3 is 12.3 Å². The summed E-state index contributed by atoms with van der Waals surface area (Å²) < 4.78 is 79.1. The predicted octanol–water partition coefficient (Wildman–Crippen LogP) is 5.94. The van der Waals surface area contributed by atoms with Crippen LogP contribution in [0.15, 0.2) is 71.6 Å². The number of hydrogen-bond donors (Lipinski definition) is 0. The molecule has 11 heteroatoms. The van der Waals surface area contributed by atoms with Crippen molar-refractivity contribution in [2.24, 2.45) is 0 Å². The third-order valence-electron chi connectivity index (χ3n) is 5.16. The van der Waals surface area contributed by atoms with Crippen LogP contribution < -0.4 is 13.8 Å². The van der Waals surface area contributed by atoms with E-state index in [2.05, 4.69) is 4.74 Å². The minimum absolute atomic E-state index is 0.0524. The Morgan fingerprint density at radius 3 is 1.94 bits per heavy atom. The van der Waals surface area contributed by atoms with E-state index in [-0.39, 0.29) is 28.5 Å². The number of alkyl halides is 3. The van der Waals surface area contributed by atoms with E-state index in [4.69, 9.17) is 9.47 Å². The number of methoxy groups -OCH3 is 1. The first-order valence-corrected chi connectivity index (χ1v) is 12.3. The summed E-state index contributed by atoms with van der Waals surface area (Å²) in [6, 6.07) is 15.4. The number of sulfonamides is 1. The van der Waals surface area contributed by atoms with Gasteiger partial charge in [-0.3, -0.25) is 4.31 Å². The van der Waals surface area contributed by atoms with Gasteiger partial charge in [0.15, 0.2) is 0 Å². The second-order valence-electron chi connectivity index (χ2n) is 7.45. The van der Waals surface area contributed by atoms with Crippen LogP contribution in [0, 0.1) is 0 Å². The highest BCUT2D eigenvalue weighted by molar-refractivity contribution is 7.92. The van der Waals surface area contributed by atoms with Gasteiger partial charge in [0.05, 0.1) is 23.3 Å². The average molecular weight is 524 g/mol. The van der Waals surface area contributed by atoms with Gasteiger partial charge in [-0.15, -0.1) is 13.2 Å². The number of benzene rings is 3. The Bertz CT molecular complexity index is 1310. The van der Waals surface area contributed by atoms with Crippen molar-refractivity contribution in [3.05, 3.63) is 77.9 Å². The Kier molecular flexibility index (Phi) is 8.13. The van der Waals surface area contributed by atoms with E-state index < -0.39 is 22.4 Å². The van der Waals surface area contributed by atoms with Crippen LogP contribution in [0.1, 0.15) is 29.8 Å². The maximum atomic E-state index is 13.4. The second kappa shape index (κ2) is 10.9. The summed E-state index contributed by atoms with van der Waals surface area (Å²) in [6.45, 7) is 3.64. The molecule has 0 atom stereocenters. The maximum absolute atomic E-state index is 13.4. The maximum Gasteiger partial charge on any atom is 0.573 e. The molecule has 0 amide bonds. The molecule has 0 unspecified atom stereocenters. The first-order chi connectivity index (χ1) is 17.0. The van der Waals surface area contributed by atoms with Gasteiger partial charge in [-0.05, 0) is 79.6 Å². The van der Waals surface area contributed by atoms with Gasteiger partial charge < -0.3 is 14.2 Å². The van der Waals surface area contributed by atoms with Gasteiger partial charge in [-0.1, -0.05) is 13.0 Å². The molecule has 0 saturated carbocycles. The van der Waals surface area contributed by atoms with E-state index in [9.17, 15) is 26.4 Å². The molecule has 0 N–H and O–H groups in total. The number of nitrogens with zero attached hydrogens (tertiary/aromatic N) is 1. The normalized spacial score (nSPS) is 11.6. The molecule has 3 aromatic rings. The van der Waals surface area contributed by atoms with E-state index in [1.165, 1.54) is 47.8 Å². The zero-order chi connectivity index (χ0) is 26.5. The fourth-order valence-corrected chi connectivity index (χ4v) is 4.97. The molecule has 0 radical (unpaired) electrons. The largest absolute Gasteiger partial charge is 0.573 e. The van der Waals surface area contributed by atoms with Crippen molar-refractivity contribution in [2.75, 3.05) is 18.0 Å². The van der Waals surface area contributed by atoms with Crippen LogP contribution in [0.3, 0.4) is 0 Å². The zero-order valence-electron chi connectivity index (χ0n) is 19.7. The van der Waals surface area contributed by atoms with Crippen molar-refractivity contribution >= 4 is 21.7 Å². The van der Waals surface area contributed by atoms with Crippen LogP contribution in [0.2, 0.25) is 0 Å². The van der Waals surface area contributed by atoms with Gasteiger partial charge in [0.25, 0.3) is 10.0 Å². The fourth-order valence-electron chi connectivity index (χ4n) is 3.47. The minimum atomic E-state index is -4.79. The highest BCUT2D eigenvalue weighted by Crippen LogP contribution is 2.30. The molecule has 3 rings (SSSR count). The fraction of sp³-hybridized carbons (Fsp3) is 0.240. The van der Waals surface area contributed by atoms with E-state index >= 15 is 0 Å².